The Morgan fingerprint density at radius 2 is 2.15 bits per heavy atom. The first-order valence-electron chi connectivity index (χ1n) is 7.20. The van der Waals surface area contributed by atoms with Crippen LogP contribution in [0.2, 0.25) is 24.7 Å². The smallest absolute Gasteiger partial charge is 0.302 e. The van der Waals surface area contributed by atoms with Crippen LogP contribution >= 0.6 is 0 Å². The molecule has 0 radical (unpaired) electrons. The molecule has 1 fully saturated rings. The number of ketones is 1. The number of carbonyl (C=O) groups is 2. The minimum absolute atomic E-state index is 0.0148. The van der Waals surface area contributed by atoms with E-state index in [1.54, 1.807) is 6.08 Å². The van der Waals surface area contributed by atoms with E-state index in [9.17, 15) is 9.59 Å². The van der Waals surface area contributed by atoms with Crippen LogP contribution in [-0.2, 0) is 14.3 Å². The number of rotatable bonds is 6. The lowest BCUT2D eigenvalue weighted by atomic mass is 9.93. The normalized spacial score (nSPS) is 34.8. The molecule has 4 heteroatoms. The maximum absolute atomic E-state index is 12.3. The number of allylic oxidation sites excluding steroid dienone is 3. The molecule has 110 valence electrons. The van der Waals surface area contributed by atoms with Crippen LogP contribution in [0, 0.1) is 11.3 Å². The molecule has 2 aliphatic rings. The molecule has 0 heterocycles. The first-order chi connectivity index (χ1) is 9.23. The summed E-state index contributed by atoms with van der Waals surface area (Å²) in [6.07, 6.45) is 7.47. The van der Waals surface area contributed by atoms with E-state index in [2.05, 4.69) is 32.3 Å². The zero-order valence-electron chi connectivity index (χ0n) is 12.9. The van der Waals surface area contributed by atoms with E-state index in [1.807, 2.05) is 6.08 Å². The van der Waals surface area contributed by atoms with E-state index in [1.165, 1.54) is 6.92 Å². The third kappa shape index (κ3) is 1.85. The third-order valence-electron chi connectivity index (χ3n) is 5.11. The molecule has 0 aromatic carbocycles. The van der Waals surface area contributed by atoms with Gasteiger partial charge in [0.05, 0.1) is 14.7 Å². The topological polar surface area (TPSA) is 43.4 Å². The van der Waals surface area contributed by atoms with Gasteiger partial charge in [-0.15, -0.1) is 6.58 Å². The molecule has 2 aliphatic carbocycles. The number of hydrogen-bond donors (Lipinski definition) is 0. The highest BCUT2D eigenvalue weighted by Crippen LogP contribution is 2.84. The fourth-order valence-electron chi connectivity index (χ4n) is 4.34. The molecule has 0 bridgehead atoms. The van der Waals surface area contributed by atoms with Crippen LogP contribution in [0.3, 0.4) is 0 Å². The molecule has 2 rings (SSSR count). The van der Waals surface area contributed by atoms with Crippen molar-refractivity contribution in [2.45, 2.75) is 44.4 Å². The van der Waals surface area contributed by atoms with E-state index in [0.717, 1.165) is 12.8 Å². The highest BCUT2D eigenvalue weighted by molar-refractivity contribution is 6.81. The summed E-state index contributed by atoms with van der Waals surface area (Å²) in [7, 11) is -1.61. The molecule has 0 N–H and O–H groups in total. The molecule has 3 nitrogen and oxygen atoms in total. The summed E-state index contributed by atoms with van der Waals surface area (Å²) in [5.41, 5.74) is -0.191. The van der Waals surface area contributed by atoms with Gasteiger partial charge in [0.25, 0.3) is 0 Å². The van der Waals surface area contributed by atoms with Crippen molar-refractivity contribution in [2.24, 2.45) is 11.3 Å². The minimum Gasteiger partial charge on any atom is -0.465 e. The SMILES string of the molecule is C=CCCC1(COC(C)=O)[C@H]2C(=O)C=C[C@]21[Si](C)(C)C. The van der Waals surface area contributed by atoms with Crippen LogP contribution in [0.1, 0.15) is 19.8 Å². The van der Waals surface area contributed by atoms with Crippen LogP contribution in [-0.4, -0.2) is 26.4 Å². The Balaban J connectivity index is 2.37. The lowest BCUT2D eigenvalue weighted by molar-refractivity contribution is -0.143. The second-order valence-electron chi connectivity index (χ2n) is 7.05. The van der Waals surface area contributed by atoms with Crippen LogP contribution in [0.4, 0.5) is 0 Å². The maximum atomic E-state index is 12.3. The molecule has 1 unspecified atom stereocenters. The van der Waals surface area contributed by atoms with Crippen molar-refractivity contribution >= 4 is 19.8 Å². The van der Waals surface area contributed by atoms with Crippen molar-refractivity contribution < 1.29 is 14.3 Å². The first kappa shape index (κ1) is 15.2. The van der Waals surface area contributed by atoms with Gasteiger partial charge in [0.2, 0.25) is 0 Å². The Labute approximate surface area is 122 Å². The summed E-state index contributed by atoms with van der Waals surface area (Å²) in [4.78, 5) is 23.5. The van der Waals surface area contributed by atoms with Gasteiger partial charge >= 0.3 is 5.97 Å². The molecule has 0 saturated heterocycles. The molecule has 0 spiro atoms. The van der Waals surface area contributed by atoms with Gasteiger partial charge in [-0.3, -0.25) is 9.59 Å². The third-order valence-corrected chi connectivity index (χ3v) is 8.55. The first-order valence-corrected chi connectivity index (χ1v) is 10.7. The largest absolute Gasteiger partial charge is 0.465 e. The summed E-state index contributed by atoms with van der Waals surface area (Å²) in [5, 5.41) is -0.0461. The molecule has 0 aliphatic heterocycles. The highest BCUT2D eigenvalue weighted by Gasteiger charge is 2.82. The van der Waals surface area contributed by atoms with E-state index in [0.29, 0.717) is 6.61 Å². The number of esters is 1. The van der Waals surface area contributed by atoms with Crippen molar-refractivity contribution in [1.29, 1.82) is 0 Å². The van der Waals surface area contributed by atoms with E-state index < -0.39 is 8.07 Å². The predicted octanol–water partition coefficient (Wildman–Crippen LogP) is 3.35. The quantitative estimate of drug-likeness (QED) is 0.428. The van der Waals surface area contributed by atoms with E-state index in [-0.39, 0.29) is 28.1 Å². The van der Waals surface area contributed by atoms with E-state index >= 15 is 0 Å². The monoisotopic (exact) mass is 292 g/mol. The van der Waals surface area contributed by atoms with Crippen molar-refractivity contribution in [3.8, 4) is 0 Å². The summed E-state index contributed by atoms with van der Waals surface area (Å²) in [6.45, 7) is 12.5. The van der Waals surface area contributed by atoms with Gasteiger partial charge in [0.15, 0.2) is 5.78 Å². The fourth-order valence-corrected chi connectivity index (χ4v) is 7.97. The summed E-state index contributed by atoms with van der Waals surface area (Å²) in [6, 6.07) is 0. The Morgan fingerprint density at radius 1 is 1.50 bits per heavy atom. The molecular weight excluding hydrogens is 268 g/mol. The molecule has 1 saturated carbocycles. The number of fused-ring (bicyclic) bond motifs is 1. The van der Waals surface area contributed by atoms with Gasteiger partial charge in [0.1, 0.15) is 0 Å². The van der Waals surface area contributed by atoms with Gasteiger partial charge in [-0.2, -0.15) is 0 Å². The second kappa shape index (κ2) is 4.69. The van der Waals surface area contributed by atoms with Gasteiger partial charge in [-0.05, 0) is 18.9 Å². The molecule has 0 aromatic heterocycles. The van der Waals surface area contributed by atoms with E-state index in [4.69, 9.17) is 4.74 Å². The Kier molecular flexibility index (Phi) is 3.57. The zero-order valence-corrected chi connectivity index (χ0v) is 13.9. The van der Waals surface area contributed by atoms with Gasteiger partial charge in [-0.25, -0.2) is 0 Å². The lowest BCUT2D eigenvalue weighted by Gasteiger charge is -2.32. The van der Waals surface area contributed by atoms with Crippen LogP contribution in [0.15, 0.2) is 24.8 Å². The maximum Gasteiger partial charge on any atom is 0.302 e. The van der Waals surface area contributed by atoms with Crippen molar-refractivity contribution in [3.63, 3.8) is 0 Å². The second-order valence-corrected chi connectivity index (χ2v) is 12.4. The van der Waals surface area contributed by atoms with Crippen molar-refractivity contribution in [2.75, 3.05) is 6.61 Å². The summed E-state index contributed by atoms with van der Waals surface area (Å²) in [5.74, 6) is -0.0419. The average Bonchev–Trinajstić information content (AvgIpc) is 2.77. The Morgan fingerprint density at radius 3 is 2.60 bits per heavy atom. The lowest BCUT2D eigenvalue weighted by Crippen LogP contribution is -2.34. The zero-order chi connectivity index (χ0) is 15.2. The predicted molar refractivity (Wildman–Crippen MR) is 82.2 cm³/mol. The van der Waals surface area contributed by atoms with Crippen molar-refractivity contribution in [3.05, 3.63) is 24.8 Å². The van der Waals surface area contributed by atoms with Gasteiger partial charge in [-0.1, -0.05) is 31.8 Å². The standard InChI is InChI=1S/C16H24O3Si/c1-6-7-9-15(11-19-12(2)17)14-13(18)8-10-16(14,15)20(3,4)5/h6,8,10,14H,1,7,9,11H2,2-5H3/t14-,15?,16+/m1/s1. The molecule has 20 heavy (non-hydrogen) atoms. The molecule has 0 aromatic rings. The van der Waals surface area contributed by atoms with Crippen LogP contribution in [0.25, 0.3) is 0 Å². The number of hydrogen-bond acceptors (Lipinski definition) is 3. The van der Waals surface area contributed by atoms with Crippen molar-refractivity contribution in [1.82, 2.24) is 0 Å². The molecule has 0 amide bonds. The number of ether oxygens (including phenoxy) is 1. The highest BCUT2D eigenvalue weighted by atomic mass is 28.3. The molecule has 3 atom stereocenters. The fraction of sp³-hybridized carbons (Fsp3) is 0.625. The van der Waals surface area contributed by atoms with Gasteiger partial charge in [0, 0.05) is 23.3 Å². The number of carbonyl (C=O) groups excluding carboxylic acids is 2. The van der Waals surface area contributed by atoms with Gasteiger partial charge < -0.3 is 4.74 Å². The van der Waals surface area contributed by atoms with Crippen LogP contribution in [0.5, 0.6) is 0 Å². The summed E-state index contributed by atoms with van der Waals surface area (Å²) < 4.78 is 5.33. The summed E-state index contributed by atoms with van der Waals surface area (Å²) >= 11 is 0. The van der Waals surface area contributed by atoms with Crippen LogP contribution < -0.4 is 0 Å². The Hall–Kier alpha value is -1.16. The Bertz CT molecular complexity index is 488. The average molecular weight is 292 g/mol. The minimum atomic E-state index is -1.61. The molecular formula is C16H24O3Si.